The number of amides is 2. The molecule has 4 rings (SSSR count). The molecule has 2 heterocycles. The number of para-hydroxylation sites is 3. The van der Waals surface area contributed by atoms with Crippen molar-refractivity contribution in [1.82, 2.24) is 9.78 Å². The third-order valence-electron chi connectivity index (χ3n) is 5.27. The molecule has 8 nitrogen and oxygen atoms in total. The highest BCUT2D eigenvalue weighted by molar-refractivity contribution is 6.06. The Hall–Kier alpha value is -3.94. The maximum absolute atomic E-state index is 13.2. The molecule has 1 aliphatic rings. The van der Waals surface area contributed by atoms with Crippen LogP contribution in [0.1, 0.15) is 29.9 Å². The number of carbonyl (C=O) groups excluding carboxylic acids is 2. The smallest absolute Gasteiger partial charge is 0.278 e. The number of anilines is 2. The molecule has 2 aromatic carbocycles. The number of hydrogen-bond acceptors (Lipinski definition) is 5. The summed E-state index contributed by atoms with van der Waals surface area (Å²) in [4.78, 5) is 39.8. The Morgan fingerprint density at radius 3 is 2.66 bits per heavy atom. The van der Waals surface area contributed by atoms with Gasteiger partial charge in [-0.15, -0.1) is 0 Å². The van der Waals surface area contributed by atoms with E-state index in [0.717, 1.165) is 22.4 Å². The Morgan fingerprint density at radius 2 is 1.84 bits per heavy atom. The number of rotatable bonds is 6. The molecule has 0 radical (unpaired) electrons. The van der Waals surface area contributed by atoms with Crippen LogP contribution in [0.2, 0.25) is 0 Å². The predicted octanol–water partition coefficient (Wildman–Crippen LogP) is 2.87. The first-order valence-electron chi connectivity index (χ1n) is 10.5. The zero-order chi connectivity index (χ0) is 22.7. The van der Waals surface area contributed by atoms with Crippen LogP contribution in [0, 0.1) is 0 Å². The van der Waals surface area contributed by atoms with E-state index in [1.807, 2.05) is 38.1 Å². The maximum Gasteiger partial charge on any atom is 0.278 e. The number of carbonyl (C=O) groups is 2. The highest BCUT2D eigenvalue weighted by Gasteiger charge is 2.32. The van der Waals surface area contributed by atoms with Crippen LogP contribution in [0.15, 0.2) is 65.5 Å². The first-order valence-corrected chi connectivity index (χ1v) is 10.5. The van der Waals surface area contributed by atoms with E-state index in [0.29, 0.717) is 18.0 Å². The maximum atomic E-state index is 13.2. The van der Waals surface area contributed by atoms with Crippen LogP contribution in [0.3, 0.4) is 0 Å². The molecule has 1 aromatic heterocycles. The van der Waals surface area contributed by atoms with Gasteiger partial charge >= 0.3 is 0 Å². The minimum atomic E-state index is -0.468. The van der Waals surface area contributed by atoms with Crippen molar-refractivity contribution in [3.05, 3.63) is 82.3 Å². The number of ether oxygens (including phenoxy) is 1. The summed E-state index contributed by atoms with van der Waals surface area (Å²) in [5, 5.41) is 6.92. The SMILES string of the molecule is CCOc1ccccc1NC(=O)Cn1nc(C(=O)N2c3ccccc3CC2C)ccc1=O. The van der Waals surface area contributed by atoms with Crippen LogP contribution in [0.25, 0.3) is 0 Å². The predicted molar refractivity (Wildman–Crippen MR) is 121 cm³/mol. The number of nitrogens with one attached hydrogen (secondary N) is 1. The normalized spacial score (nSPS) is 14.7. The zero-order valence-electron chi connectivity index (χ0n) is 17.9. The average molecular weight is 432 g/mol. The number of nitrogens with zero attached hydrogens (tertiary/aromatic N) is 3. The van der Waals surface area contributed by atoms with E-state index in [1.165, 1.54) is 12.1 Å². The molecule has 1 aliphatic heterocycles. The molecular weight excluding hydrogens is 408 g/mol. The Kier molecular flexibility index (Phi) is 6.02. The van der Waals surface area contributed by atoms with Gasteiger partial charge in [0.15, 0.2) is 0 Å². The molecule has 1 N–H and O–H groups in total. The molecule has 1 atom stereocenters. The second-order valence-corrected chi connectivity index (χ2v) is 7.55. The third kappa shape index (κ3) is 4.25. The average Bonchev–Trinajstić information content (AvgIpc) is 3.12. The van der Waals surface area contributed by atoms with Crippen molar-refractivity contribution in [2.45, 2.75) is 32.9 Å². The summed E-state index contributed by atoms with van der Waals surface area (Å²) in [5.41, 5.74) is 2.08. The molecule has 0 saturated carbocycles. The van der Waals surface area contributed by atoms with Gasteiger partial charge in [-0.2, -0.15) is 5.10 Å². The lowest BCUT2D eigenvalue weighted by Crippen LogP contribution is -2.38. The minimum absolute atomic E-state index is 0.0274. The van der Waals surface area contributed by atoms with Gasteiger partial charge in [0, 0.05) is 17.8 Å². The van der Waals surface area contributed by atoms with Crippen molar-refractivity contribution in [2.24, 2.45) is 0 Å². The number of benzene rings is 2. The molecule has 8 heteroatoms. The number of fused-ring (bicyclic) bond motifs is 1. The van der Waals surface area contributed by atoms with Gasteiger partial charge in [-0.1, -0.05) is 30.3 Å². The van der Waals surface area contributed by atoms with E-state index < -0.39 is 11.5 Å². The molecule has 0 fully saturated rings. The van der Waals surface area contributed by atoms with Gasteiger partial charge in [-0.25, -0.2) is 4.68 Å². The van der Waals surface area contributed by atoms with Gasteiger partial charge in [0.1, 0.15) is 18.0 Å². The molecule has 32 heavy (non-hydrogen) atoms. The Balaban J connectivity index is 1.54. The molecule has 1 unspecified atom stereocenters. The second kappa shape index (κ2) is 9.05. The summed E-state index contributed by atoms with van der Waals surface area (Å²) in [6.45, 7) is 3.95. The Labute approximate surface area is 185 Å². The lowest BCUT2D eigenvalue weighted by molar-refractivity contribution is -0.117. The van der Waals surface area contributed by atoms with Crippen LogP contribution in [-0.4, -0.2) is 34.2 Å². The van der Waals surface area contributed by atoms with Crippen LogP contribution in [0.4, 0.5) is 11.4 Å². The monoisotopic (exact) mass is 432 g/mol. The first-order chi connectivity index (χ1) is 15.5. The quantitative estimate of drug-likeness (QED) is 0.647. The van der Waals surface area contributed by atoms with Crippen molar-refractivity contribution < 1.29 is 14.3 Å². The van der Waals surface area contributed by atoms with Crippen LogP contribution in [0.5, 0.6) is 5.75 Å². The van der Waals surface area contributed by atoms with Gasteiger partial charge < -0.3 is 15.0 Å². The topological polar surface area (TPSA) is 93.5 Å². The van der Waals surface area contributed by atoms with E-state index in [2.05, 4.69) is 10.4 Å². The van der Waals surface area contributed by atoms with Crippen molar-refractivity contribution in [2.75, 3.05) is 16.8 Å². The second-order valence-electron chi connectivity index (χ2n) is 7.55. The highest BCUT2D eigenvalue weighted by Crippen LogP contribution is 2.32. The molecule has 164 valence electrons. The summed E-state index contributed by atoms with van der Waals surface area (Å²) < 4.78 is 6.51. The van der Waals surface area contributed by atoms with E-state index in [4.69, 9.17) is 4.74 Å². The summed E-state index contributed by atoms with van der Waals surface area (Å²) in [6.07, 6.45) is 0.753. The largest absolute Gasteiger partial charge is 0.492 e. The summed E-state index contributed by atoms with van der Waals surface area (Å²) in [5.74, 6) is -0.219. The summed E-state index contributed by atoms with van der Waals surface area (Å²) in [7, 11) is 0. The molecule has 3 aromatic rings. The van der Waals surface area contributed by atoms with Gasteiger partial charge in [0.05, 0.1) is 12.3 Å². The molecule has 0 aliphatic carbocycles. The summed E-state index contributed by atoms with van der Waals surface area (Å²) in [6, 6.07) is 17.4. The number of hydrogen-bond donors (Lipinski definition) is 1. The van der Waals surface area contributed by atoms with Crippen molar-refractivity contribution in [1.29, 1.82) is 0 Å². The van der Waals surface area contributed by atoms with E-state index >= 15 is 0 Å². The molecule has 2 amide bonds. The lowest BCUT2D eigenvalue weighted by Gasteiger charge is -2.22. The lowest BCUT2D eigenvalue weighted by atomic mass is 10.1. The molecule has 0 spiro atoms. The molecule has 0 bridgehead atoms. The summed E-state index contributed by atoms with van der Waals surface area (Å²) >= 11 is 0. The molecular formula is C24H24N4O4. The van der Waals surface area contributed by atoms with Crippen LogP contribution in [-0.2, 0) is 17.8 Å². The number of aromatic nitrogens is 2. The van der Waals surface area contributed by atoms with Gasteiger partial charge in [0.2, 0.25) is 5.91 Å². The first kappa shape index (κ1) is 21.3. The Morgan fingerprint density at radius 1 is 1.09 bits per heavy atom. The van der Waals surface area contributed by atoms with Gasteiger partial charge in [-0.05, 0) is 50.1 Å². The standard InChI is InChI=1S/C24H24N4O4/c1-3-32-21-11-7-5-9-18(21)25-22(29)15-27-23(30)13-12-19(26-27)24(31)28-16(2)14-17-8-4-6-10-20(17)28/h4-13,16H,3,14-15H2,1-2H3,(H,25,29). The fourth-order valence-corrected chi connectivity index (χ4v) is 3.85. The minimum Gasteiger partial charge on any atom is -0.492 e. The van der Waals surface area contributed by atoms with Crippen molar-refractivity contribution >= 4 is 23.2 Å². The van der Waals surface area contributed by atoms with Crippen LogP contribution < -0.4 is 20.5 Å². The zero-order valence-corrected chi connectivity index (χ0v) is 17.9. The van der Waals surface area contributed by atoms with E-state index in [-0.39, 0.29) is 24.2 Å². The van der Waals surface area contributed by atoms with Crippen molar-refractivity contribution in [3.8, 4) is 5.75 Å². The van der Waals surface area contributed by atoms with Crippen molar-refractivity contribution in [3.63, 3.8) is 0 Å². The fourth-order valence-electron chi connectivity index (χ4n) is 3.85. The molecule has 0 saturated heterocycles. The van der Waals surface area contributed by atoms with Crippen LogP contribution >= 0.6 is 0 Å². The Bertz CT molecular complexity index is 1220. The van der Waals surface area contributed by atoms with E-state index in [1.54, 1.807) is 29.2 Å². The highest BCUT2D eigenvalue weighted by atomic mass is 16.5. The third-order valence-corrected chi connectivity index (χ3v) is 5.27. The van der Waals surface area contributed by atoms with Gasteiger partial charge in [0.25, 0.3) is 11.5 Å². The van der Waals surface area contributed by atoms with Gasteiger partial charge in [-0.3, -0.25) is 14.4 Å². The fraction of sp³-hybridized carbons (Fsp3) is 0.250. The van der Waals surface area contributed by atoms with E-state index in [9.17, 15) is 14.4 Å².